The summed E-state index contributed by atoms with van der Waals surface area (Å²) in [5.41, 5.74) is -0.943. The molecule has 1 aliphatic heterocycles. The number of nitrogens with zero attached hydrogens (tertiary/aromatic N) is 4. The summed E-state index contributed by atoms with van der Waals surface area (Å²) in [7, 11) is 0. The highest BCUT2D eigenvalue weighted by molar-refractivity contribution is 6.04. The summed E-state index contributed by atoms with van der Waals surface area (Å²) < 4.78 is 83.1. The fourth-order valence-corrected chi connectivity index (χ4v) is 5.40. The molecule has 0 bridgehead atoms. The molecule has 0 unspecified atom stereocenters. The van der Waals surface area contributed by atoms with E-state index in [-0.39, 0.29) is 82.0 Å². The van der Waals surface area contributed by atoms with E-state index in [0.29, 0.717) is 17.3 Å². The van der Waals surface area contributed by atoms with Crippen LogP contribution >= 0.6 is 0 Å². The van der Waals surface area contributed by atoms with E-state index >= 15 is 0 Å². The van der Waals surface area contributed by atoms with Gasteiger partial charge in [-0.2, -0.15) is 18.1 Å². The van der Waals surface area contributed by atoms with Crippen molar-refractivity contribution in [2.24, 2.45) is 0 Å². The van der Waals surface area contributed by atoms with Crippen LogP contribution in [0.3, 0.4) is 0 Å². The standard InChI is InChI=1S/C33H25F5N4O4/c1-18-21(33(36,37)38)16-39-31(46-25-11-10-22(34)30(35)19(25)2)28(18)24-15-26(45-17-20-7-4-3-5-8-20)29-23(40-24)12-14-42(44)32(29)41-13-6-9-27(41)43/h3-5,7-8,10-12,14-16H,6,9,13,17H2,1-2H3. The second kappa shape index (κ2) is 11.9. The number of benzene rings is 2. The average molecular weight is 637 g/mol. The van der Waals surface area contributed by atoms with Crippen LogP contribution in [0.25, 0.3) is 22.2 Å². The molecular formula is C33H25F5N4O4. The van der Waals surface area contributed by atoms with Gasteiger partial charge in [0.1, 0.15) is 23.5 Å². The van der Waals surface area contributed by atoms with Crippen molar-refractivity contribution in [3.63, 3.8) is 0 Å². The highest BCUT2D eigenvalue weighted by atomic mass is 19.4. The lowest BCUT2D eigenvalue weighted by Gasteiger charge is -2.21. The molecule has 4 heterocycles. The first kappa shape index (κ1) is 30.7. The van der Waals surface area contributed by atoms with E-state index in [2.05, 4.69) is 9.97 Å². The molecule has 8 nitrogen and oxygen atoms in total. The Labute approximate surface area is 259 Å². The lowest BCUT2D eigenvalue weighted by molar-refractivity contribution is -0.590. The van der Waals surface area contributed by atoms with Crippen LogP contribution in [-0.2, 0) is 17.6 Å². The maximum absolute atomic E-state index is 14.4. The zero-order chi connectivity index (χ0) is 32.7. The van der Waals surface area contributed by atoms with Crippen LogP contribution < -0.4 is 19.1 Å². The number of rotatable bonds is 7. The quantitative estimate of drug-likeness (QED) is 0.106. The molecule has 0 atom stereocenters. The predicted octanol–water partition coefficient (Wildman–Crippen LogP) is 7.34. The van der Waals surface area contributed by atoms with Gasteiger partial charge in [-0.25, -0.2) is 28.3 Å². The summed E-state index contributed by atoms with van der Waals surface area (Å²) in [6.07, 6.45) is -2.29. The number of carbonyl (C=O) groups excluding carboxylic acids is 1. The maximum Gasteiger partial charge on any atom is 0.418 e. The van der Waals surface area contributed by atoms with Gasteiger partial charge in [0.2, 0.25) is 5.88 Å². The van der Waals surface area contributed by atoms with Crippen molar-refractivity contribution in [2.45, 2.75) is 39.5 Å². The Hall–Kier alpha value is -5.33. The van der Waals surface area contributed by atoms with Crippen molar-refractivity contribution in [1.82, 2.24) is 9.97 Å². The van der Waals surface area contributed by atoms with Crippen LogP contribution in [0, 0.1) is 30.7 Å². The molecule has 0 radical (unpaired) electrons. The Balaban J connectivity index is 1.59. The number of hydrogen-bond donors (Lipinski definition) is 0. The third kappa shape index (κ3) is 5.64. The van der Waals surface area contributed by atoms with Gasteiger partial charge in [-0.3, -0.25) is 0 Å². The molecule has 46 heavy (non-hydrogen) atoms. The Morgan fingerprint density at radius 2 is 1.78 bits per heavy atom. The van der Waals surface area contributed by atoms with Crippen LogP contribution in [0.1, 0.15) is 35.1 Å². The van der Waals surface area contributed by atoms with Crippen molar-refractivity contribution in [2.75, 3.05) is 11.4 Å². The molecule has 6 rings (SSSR count). The van der Waals surface area contributed by atoms with E-state index in [0.717, 1.165) is 23.9 Å². The molecular weight excluding hydrogens is 611 g/mol. The normalized spacial score (nSPS) is 13.5. The molecule has 0 spiro atoms. The van der Waals surface area contributed by atoms with Gasteiger partial charge in [0.25, 0.3) is 0 Å². The second-order valence-corrected chi connectivity index (χ2v) is 10.7. The van der Waals surface area contributed by atoms with Crippen LogP contribution in [0.15, 0.2) is 67.0 Å². The minimum atomic E-state index is -4.80. The Bertz CT molecular complexity index is 1990. The minimum Gasteiger partial charge on any atom is -0.711 e. The summed E-state index contributed by atoms with van der Waals surface area (Å²) in [6.45, 7) is 2.76. The number of carbonyl (C=O) groups is 1. The van der Waals surface area contributed by atoms with Gasteiger partial charge in [0.15, 0.2) is 11.6 Å². The first-order valence-electron chi connectivity index (χ1n) is 14.2. The summed E-state index contributed by atoms with van der Waals surface area (Å²) >= 11 is 0. The Kier molecular flexibility index (Phi) is 7.92. The topological polar surface area (TPSA) is 91.5 Å². The highest BCUT2D eigenvalue weighted by Gasteiger charge is 2.37. The number of ether oxygens (including phenoxy) is 2. The zero-order valence-electron chi connectivity index (χ0n) is 24.5. The largest absolute Gasteiger partial charge is 0.711 e. The molecule has 1 amide bonds. The number of hydrogen-bond acceptors (Lipinski definition) is 6. The SMILES string of the molecule is Cc1c(Oc2ncc(C(F)(F)F)c(C)c2-c2cc(OCc3ccccc3)c3c(N4CCCC4=O)[n+]([O-])ccc3n2)ccc(F)c1F. The molecule has 3 aromatic heterocycles. The van der Waals surface area contributed by atoms with Crippen LogP contribution in [-0.4, -0.2) is 22.4 Å². The molecule has 1 fully saturated rings. The number of amides is 1. The fraction of sp³-hybridized carbons (Fsp3) is 0.212. The summed E-state index contributed by atoms with van der Waals surface area (Å²) in [5, 5.41) is 13.3. The Morgan fingerprint density at radius 3 is 2.48 bits per heavy atom. The molecule has 0 saturated carbocycles. The number of halogens is 5. The van der Waals surface area contributed by atoms with Crippen LogP contribution in [0.5, 0.6) is 17.4 Å². The highest BCUT2D eigenvalue weighted by Crippen LogP contribution is 2.44. The monoisotopic (exact) mass is 636 g/mol. The average Bonchev–Trinajstić information content (AvgIpc) is 3.45. The van der Waals surface area contributed by atoms with E-state index in [1.54, 1.807) is 24.3 Å². The smallest absolute Gasteiger partial charge is 0.418 e. The van der Waals surface area contributed by atoms with Gasteiger partial charge in [-0.15, -0.1) is 0 Å². The molecule has 2 aromatic carbocycles. The molecule has 5 aromatic rings. The predicted molar refractivity (Wildman–Crippen MR) is 157 cm³/mol. The molecule has 1 aliphatic rings. The van der Waals surface area contributed by atoms with Crippen LogP contribution in [0.4, 0.5) is 27.8 Å². The van der Waals surface area contributed by atoms with E-state index in [1.807, 2.05) is 6.07 Å². The lowest BCUT2D eigenvalue weighted by atomic mass is 10.0. The maximum atomic E-state index is 14.4. The van der Waals surface area contributed by atoms with Crippen molar-refractivity contribution < 1.29 is 41.0 Å². The molecule has 236 valence electrons. The minimum absolute atomic E-state index is 0.0117. The summed E-state index contributed by atoms with van der Waals surface area (Å²) in [6, 6.07) is 13.7. The van der Waals surface area contributed by atoms with Gasteiger partial charge in [0.05, 0.1) is 41.5 Å². The first-order valence-corrected chi connectivity index (χ1v) is 14.2. The van der Waals surface area contributed by atoms with Crippen molar-refractivity contribution >= 4 is 22.6 Å². The van der Waals surface area contributed by atoms with Crippen molar-refractivity contribution in [1.29, 1.82) is 0 Å². The van der Waals surface area contributed by atoms with Gasteiger partial charge < -0.3 is 14.7 Å². The van der Waals surface area contributed by atoms with E-state index in [1.165, 1.54) is 30.9 Å². The van der Waals surface area contributed by atoms with Crippen LogP contribution in [0.2, 0.25) is 0 Å². The molecule has 1 saturated heterocycles. The zero-order valence-corrected chi connectivity index (χ0v) is 24.5. The van der Waals surface area contributed by atoms with E-state index < -0.39 is 23.4 Å². The third-order valence-electron chi connectivity index (χ3n) is 7.74. The number of anilines is 1. The number of alkyl halides is 3. The first-order chi connectivity index (χ1) is 21.9. The molecule has 0 N–H and O–H groups in total. The van der Waals surface area contributed by atoms with Gasteiger partial charge in [0, 0.05) is 23.9 Å². The molecule has 0 aliphatic carbocycles. The number of aromatic nitrogens is 3. The van der Waals surface area contributed by atoms with Gasteiger partial charge in [-0.05, 0) is 43.5 Å². The van der Waals surface area contributed by atoms with E-state index in [4.69, 9.17) is 9.47 Å². The van der Waals surface area contributed by atoms with Crippen molar-refractivity contribution in [3.8, 4) is 28.6 Å². The van der Waals surface area contributed by atoms with E-state index in [9.17, 15) is 32.0 Å². The lowest BCUT2D eigenvalue weighted by Crippen LogP contribution is -2.39. The van der Waals surface area contributed by atoms with Gasteiger partial charge in [-0.1, -0.05) is 30.3 Å². The summed E-state index contributed by atoms with van der Waals surface area (Å²) in [5.74, 6) is -3.06. The Morgan fingerprint density at radius 1 is 1.02 bits per heavy atom. The third-order valence-corrected chi connectivity index (χ3v) is 7.74. The fourth-order valence-electron chi connectivity index (χ4n) is 5.40. The van der Waals surface area contributed by atoms with Gasteiger partial charge >= 0.3 is 17.9 Å². The number of pyridine rings is 3. The second-order valence-electron chi connectivity index (χ2n) is 10.7. The van der Waals surface area contributed by atoms with Crippen molar-refractivity contribution in [3.05, 3.63) is 106 Å². The number of fused-ring (bicyclic) bond motifs is 1. The molecule has 13 heteroatoms. The summed E-state index contributed by atoms with van der Waals surface area (Å²) in [4.78, 5) is 22.6.